The molecule has 5 heteroatoms. The van der Waals surface area contributed by atoms with E-state index in [9.17, 15) is 5.11 Å². The molecule has 0 aliphatic rings. The minimum atomic E-state index is -0.160. The number of methoxy groups -OCH3 is 3. The van der Waals surface area contributed by atoms with Crippen molar-refractivity contribution in [2.24, 2.45) is 0 Å². The van der Waals surface area contributed by atoms with Crippen molar-refractivity contribution in [3.8, 4) is 23.0 Å². The second kappa shape index (κ2) is 4.28. The molecule has 0 radical (unpaired) electrons. The molecule has 4 nitrogen and oxygen atoms in total. The summed E-state index contributed by atoms with van der Waals surface area (Å²) in [6.07, 6.45) is 0. The lowest BCUT2D eigenvalue weighted by Gasteiger charge is -2.13. The maximum atomic E-state index is 9.54. The highest BCUT2D eigenvalue weighted by atomic mass is 35.5. The highest BCUT2D eigenvalue weighted by Crippen LogP contribution is 2.47. The van der Waals surface area contributed by atoms with E-state index in [2.05, 4.69) is 0 Å². The van der Waals surface area contributed by atoms with E-state index in [0.717, 1.165) is 0 Å². The van der Waals surface area contributed by atoms with Crippen molar-refractivity contribution >= 4 is 11.6 Å². The summed E-state index contributed by atoms with van der Waals surface area (Å²) in [5, 5.41) is 9.69. The number of ether oxygens (including phenoxy) is 3. The number of halogens is 1. The minimum absolute atomic E-state index is 0.152. The van der Waals surface area contributed by atoms with E-state index in [1.165, 1.54) is 27.4 Å². The Morgan fingerprint density at radius 2 is 1.64 bits per heavy atom. The standard InChI is InChI=1S/C9H11ClO4/c1-12-6-4-5(10)7(11)9(14-3)8(6)13-2/h4,11H,1-3H3. The summed E-state index contributed by atoms with van der Waals surface area (Å²) in [7, 11) is 4.34. The molecule has 1 aromatic rings. The maximum Gasteiger partial charge on any atom is 0.208 e. The van der Waals surface area contributed by atoms with Gasteiger partial charge in [0.15, 0.2) is 11.5 Å². The molecule has 0 aliphatic carbocycles. The van der Waals surface area contributed by atoms with Gasteiger partial charge in [0.1, 0.15) is 0 Å². The van der Waals surface area contributed by atoms with Crippen LogP contribution in [0.3, 0.4) is 0 Å². The number of phenolic OH excluding ortho intramolecular Hbond substituents is 1. The van der Waals surface area contributed by atoms with Crippen LogP contribution in [0.1, 0.15) is 0 Å². The monoisotopic (exact) mass is 218 g/mol. The Hall–Kier alpha value is -1.29. The molecule has 0 fully saturated rings. The van der Waals surface area contributed by atoms with Crippen LogP contribution in [0.15, 0.2) is 6.07 Å². The largest absolute Gasteiger partial charge is 0.503 e. The zero-order chi connectivity index (χ0) is 10.7. The summed E-state index contributed by atoms with van der Waals surface area (Å²) < 4.78 is 15.0. The smallest absolute Gasteiger partial charge is 0.208 e. The molecule has 0 spiro atoms. The van der Waals surface area contributed by atoms with E-state index in [0.29, 0.717) is 11.5 Å². The molecule has 0 unspecified atom stereocenters. The van der Waals surface area contributed by atoms with E-state index in [1.54, 1.807) is 0 Å². The van der Waals surface area contributed by atoms with Gasteiger partial charge in [0.05, 0.1) is 26.4 Å². The average molecular weight is 219 g/mol. The van der Waals surface area contributed by atoms with Crippen LogP contribution in [0.2, 0.25) is 5.02 Å². The molecular formula is C9H11ClO4. The first kappa shape index (κ1) is 10.8. The summed E-state index contributed by atoms with van der Waals surface area (Å²) in [5.41, 5.74) is 0. The quantitative estimate of drug-likeness (QED) is 0.844. The first-order chi connectivity index (χ1) is 6.65. The lowest BCUT2D eigenvalue weighted by molar-refractivity contribution is 0.311. The maximum absolute atomic E-state index is 9.54. The van der Waals surface area contributed by atoms with E-state index in [1.807, 2.05) is 0 Å². The summed E-state index contributed by atoms with van der Waals surface area (Å²) >= 11 is 5.74. The fourth-order valence-electron chi connectivity index (χ4n) is 1.11. The number of hydrogen-bond donors (Lipinski definition) is 1. The molecule has 0 atom stereocenters. The molecule has 0 heterocycles. The Balaban J connectivity index is 3.42. The highest BCUT2D eigenvalue weighted by molar-refractivity contribution is 6.32. The Morgan fingerprint density at radius 1 is 1.07 bits per heavy atom. The zero-order valence-electron chi connectivity index (χ0n) is 8.13. The molecule has 1 N–H and O–H groups in total. The van der Waals surface area contributed by atoms with Crippen LogP contribution in [-0.2, 0) is 0 Å². The summed E-state index contributed by atoms with van der Waals surface area (Å²) in [6, 6.07) is 1.46. The fourth-order valence-corrected chi connectivity index (χ4v) is 1.30. The molecule has 0 aliphatic heterocycles. The fraction of sp³-hybridized carbons (Fsp3) is 0.333. The van der Waals surface area contributed by atoms with Crippen molar-refractivity contribution in [2.45, 2.75) is 0 Å². The van der Waals surface area contributed by atoms with Crippen LogP contribution in [-0.4, -0.2) is 26.4 Å². The van der Waals surface area contributed by atoms with Crippen LogP contribution in [0.25, 0.3) is 0 Å². The number of hydrogen-bond acceptors (Lipinski definition) is 4. The Morgan fingerprint density at radius 3 is 2.07 bits per heavy atom. The van der Waals surface area contributed by atoms with Gasteiger partial charge in [0, 0.05) is 6.07 Å². The molecule has 0 saturated heterocycles. The molecule has 0 aromatic heterocycles. The molecule has 0 saturated carbocycles. The molecule has 1 rings (SSSR count). The number of benzene rings is 1. The van der Waals surface area contributed by atoms with E-state index in [-0.39, 0.29) is 16.5 Å². The number of rotatable bonds is 3. The second-order valence-electron chi connectivity index (χ2n) is 2.48. The predicted molar refractivity (Wildman–Crippen MR) is 52.8 cm³/mol. The van der Waals surface area contributed by atoms with Gasteiger partial charge in [-0.25, -0.2) is 0 Å². The highest BCUT2D eigenvalue weighted by Gasteiger charge is 2.18. The van der Waals surface area contributed by atoms with Crippen LogP contribution in [0.5, 0.6) is 23.0 Å². The second-order valence-corrected chi connectivity index (χ2v) is 2.88. The molecular weight excluding hydrogens is 208 g/mol. The van der Waals surface area contributed by atoms with Gasteiger partial charge in [0.25, 0.3) is 0 Å². The van der Waals surface area contributed by atoms with Gasteiger partial charge in [-0.3, -0.25) is 0 Å². The topological polar surface area (TPSA) is 47.9 Å². The summed E-state index contributed by atoms with van der Waals surface area (Å²) in [4.78, 5) is 0. The predicted octanol–water partition coefficient (Wildman–Crippen LogP) is 2.07. The van der Waals surface area contributed by atoms with Gasteiger partial charge in [0.2, 0.25) is 11.5 Å². The third-order valence-corrected chi connectivity index (χ3v) is 2.05. The van der Waals surface area contributed by atoms with Crippen molar-refractivity contribution in [1.29, 1.82) is 0 Å². The first-order valence-corrected chi connectivity index (χ1v) is 4.21. The van der Waals surface area contributed by atoms with E-state index < -0.39 is 0 Å². The van der Waals surface area contributed by atoms with Gasteiger partial charge in [-0.2, -0.15) is 0 Å². The SMILES string of the molecule is COc1cc(Cl)c(O)c(OC)c1OC. The van der Waals surface area contributed by atoms with Crippen molar-refractivity contribution in [3.63, 3.8) is 0 Å². The Bertz CT molecular complexity index is 338. The zero-order valence-corrected chi connectivity index (χ0v) is 8.88. The van der Waals surface area contributed by atoms with Gasteiger partial charge in [-0.05, 0) is 0 Å². The Labute approximate surface area is 87.0 Å². The van der Waals surface area contributed by atoms with E-state index in [4.69, 9.17) is 25.8 Å². The molecule has 78 valence electrons. The van der Waals surface area contributed by atoms with Crippen LogP contribution >= 0.6 is 11.6 Å². The van der Waals surface area contributed by atoms with Crippen LogP contribution in [0.4, 0.5) is 0 Å². The van der Waals surface area contributed by atoms with Crippen molar-refractivity contribution in [2.75, 3.05) is 21.3 Å². The van der Waals surface area contributed by atoms with Gasteiger partial charge >= 0.3 is 0 Å². The average Bonchev–Trinajstić information content (AvgIpc) is 2.20. The third kappa shape index (κ3) is 1.65. The Kier molecular flexibility index (Phi) is 3.30. The lowest BCUT2D eigenvalue weighted by Crippen LogP contribution is -1.95. The summed E-state index contributed by atoms with van der Waals surface area (Å²) in [6.45, 7) is 0. The van der Waals surface area contributed by atoms with Crippen LogP contribution in [0, 0.1) is 0 Å². The summed E-state index contributed by atoms with van der Waals surface area (Å²) in [5.74, 6) is 0.729. The van der Waals surface area contributed by atoms with Crippen molar-refractivity contribution in [3.05, 3.63) is 11.1 Å². The number of phenols is 1. The minimum Gasteiger partial charge on any atom is -0.503 e. The van der Waals surface area contributed by atoms with Gasteiger partial charge in [-0.15, -0.1) is 0 Å². The molecule has 0 amide bonds. The molecule has 1 aromatic carbocycles. The van der Waals surface area contributed by atoms with E-state index >= 15 is 0 Å². The van der Waals surface area contributed by atoms with Gasteiger partial charge in [-0.1, -0.05) is 11.6 Å². The molecule has 0 bridgehead atoms. The van der Waals surface area contributed by atoms with Gasteiger partial charge < -0.3 is 19.3 Å². The molecule has 14 heavy (non-hydrogen) atoms. The van der Waals surface area contributed by atoms with Crippen LogP contribution < -0.4 is 14.2 Å². The number of aromatic hydroxyl groups is 1. The van der Waals surface area contributed by atoms with Crippen molar-refractivity contribution < 1.29 is 19.3 Å². The lowest BCUT2D eigenvalue weighted by atomic mass is 10.2. The first-order valence-electron chi connectivity index (χ1n) is 3.83. The normalized spacial score (nSPS) is 9.71. The van der Waals surface area contributed by atoms with Crippen molar-refractivity contribution in [1.82, 2.24) is 0 Å². The third-order valence-electron chi connectivity index (χ3n) is 1.76.